The van der Waals surface area contributed by atoms with Crippen LogP contribution in [0.3, 0.4) is 0 Å². The van der Waals surface area contributed by atoms with Crippen LogP contribution >= 0.6 is 39.9 Å². The Labute approximate surface area is 160 Å². The molecule has 2 aliphatic rings. The molecule has 0 spiro atoms. The molecule has 1 aromatic rings. The smallest absolute Gasteiger partial charge is 0.266 e. The third-order valence-electron chi connectivity index (χ3n) is 4.00. The van der Waals surface area contributed by atoms with Crippen LogP contribution in [-0.2, 0) is 9.53 Å². The first-order valence-electron chi connectivity index (χ1n) is 7.94. The molecule has 0 saturated carbocycles. The molecule has 2 saturated heterocycles. The minimum absolute atomic E-state index is 0.0231. The summed E-state index contributed by atoms with van der Waals surface area (Å²) in [5.41, 5.74) is 1.01. The van der Waals surface area contributed by atoms with Gasteiger partial charge in [-0.15, -0.1) is 0 Å². The van der Waals surface area contributed by atoms with E-state index in [1.165, 1.54) is 11.8 Å². The third kappa shape index (κ3) is 4.67. The zero-order valence-electron chi connectivity index (χ0n) is 13.2. The number of thioether (sulfide) groups is 1. The van der Waals surface area contributed by atoms with Crippen molar-refractivity contribution in [1.82, 2.24) is 9.80 Å². The molecule has 0 N–H and O–H groups in total. The number of benzene rings is 1. The lowest BCUT2D eigenvalue weighted by Gasteiger charge is -2.27. The molecule has 1 amide bonds. The first-order valence-corrected chi connectivity index (χ1v) is 9.96. The van der Waals surface area contributed by atoms with Crippen LogP contribution < -0.4 is 0 Å². The summed E-state index contributed by atoms with van der Waals surface area (Å²) in [5, 5.41) is 0. The van der Waals surface area contributed by atoms with E-state index in [1.54, 1.807) is 4.90 Å². The van der Waals surface area contributed by atoms with E-state index in [0.29, 0.717) is 15.8 Å². The summed E-state index contributed by atoms with van der Waals surface area (Å²) in [5.74, 6) is 0.0231. The van der Waals surface area contributed by atoms with Crippen LogP contribution in [0.2, 0.25) is 0 Å². The Morgan fingerprint density at radius 2 is 1.92 bits per heavy atom. The van der Waals surface area contributed by atoms with Gasteiger partial charge < -0.3 is 4.74 Å². The van der Waals surface area contributed by atoms with Crippen LogP contribution in [0.4, 0.5) is 0 Å². The number of amides is 1. The number of ether oxygens (including phenoxy) is 1. The van der Waals surface area contributed by atoms with Crippen LogP contribution in [0.25, 0.3) is 6.08 Å². The second-order valence-corrected chi connectivity index (χ2v) is 8.28. The minimum Gasteiger partial charge on any atom is -0.379 e. The van der Waals surface area contributed by atoms with Gasteiger partial charge in [-0.1, -0.05) is 52.0 Å². The number of hydrogen-bond donors (Lipinski definition) is 0. The summed E-state index contributed by atoms with van der Waals surface area (Å²) in [4.78, 5) is 17.4. The van der Waals surface area contributed by atoms with Crippen LogP contribution in [-0.4, -0.2) is 59.4 Å². The van der Waals surface area contributed by atoms with Gasteiger partial charge in [0.1, 0.15) is 4.32 Å². The zero-order valence-corrected chi connectivity index (χ0v) is 16.5. The van der Waals surface area contributed by atoms with Crippen molar-refractivity contribution in [2.45, 2.75) is 6.42 Å². The van der Waals surface area contributed by atoms with E-state index in [-0.39, 0.29) is 5.91 Å². The fourth-order valence-corrected chi connectivity index (χ4v) is 4.25. The molecule has 0 unspecified atom stereocenters. The van der Waals surface area contributed by atoms with Gasteiger partial charge in [-0.25, -0.2) is 0 Å². The van der Waals surface area contributed by atoms with Crippen LogP contribution in [0.1, 0.15) is 12.0 Å². The summed E-state index contributed by atoms with van der Waals surface area (Å²) in [7, 11) is 0. The highest BCUT2D eigenvalue weighted by Gasteiger charge is 2.31. The molecule has 0 aliphatic carbocycles. The third-order valence-corrected chi connectivity index (χ3v) is 5.91. The number of rotatable bonds is 5. The number of thiocarbonyl (C=S) groups is 1. The Morgan fingerprint density at radius 3 is 2.62 bits per heavy atom. The highest BCUT2D eigenvalue weighted by Crippen LogP contribution is 2.32. The van der Waals surface area contributed by atoms with Crippen molar-refractivity contribution in [2.75, 3.05) is 39.4 Å². The van der Waals surface area contributed by atoms with Gasteiger partial charge in [-0.05, 0) is 30.2 Å². The Bertz CT molecular complexity index is 642. The van der Waals surface area contributed by atoms with E-state index < -0.39 is 0 Å². The largest absolute Gasteiger partial charge is 0.379 e. The maximum atomic E-state index is 12.6. The molecular weight excluding hydrogens is 408 g/mol. The maximum Gasteiger partial charge on any atom is 0.266 e. The summed E-state index contributed by atoms with van der Waals surface area (Å²) in [6.45, 7) is 5.21. The fourth-order valence-electron chi connectivity index (χ4n) is 2.68. The number of hydrogen-bond acceptors (Lipinski definition) is 5. The summed E-state index contributed by atoms with van der Waals surface area (Å²) in [6, 6.07) is 7.90. The van der Waals surface area contributed by atoms with Crippen molar-refractivity contribution in [3.05, 3.63) is 39.2 Å². The number of nitrogens with zero attached hydrogens (tertiary/aromatic N) is 2. The van der Waals surface area contributed by atoms with E-state index in [0.717, 1.165) is 49.3 Å². The maximum absolute atomic E-state index is 12.6. The average molecular weight is 427 g/mol. The van der Waals surface area contributed by atoms with Crippen molar-refractivity contribution in [3.8, 4) is 0 Å². The van der Waals surface area contributed by atoms with Gasteiger partial charge in [0, 0.05) is 30.7 Å². The predicted octanol–water partition coefficient (Wildman–Crippen LogP) is 3.37. The molecule has 2 heterocycles. The Balaban J connectivity index is 1.56. The predicted molar refractivity (Wildman–Crippen MR) is 106 cm³/mol. The number of carbonyl (C=O) groups excluding carboxylic acids is 1. The van der Waals surface area contributed by atoms with E-state index in [9.17, 15) is 4.79 Å². The van der Waals surface area contributed by atoms with Gasteiger partial charge >= 0.3 is 0 Å². The van der Waals surface area contributed by atoms with Gasteiger partial charge in [0.15, 0.2) is 0 Å². The molecule has 4 nitrogen and oxygen atoms in total. The summed E-state index contributed by atoms with van der Waals surface area (Å²) < 4.78 is 7.03. The minimum atomic E-state index is 0.0231. The molecule has 0 atom stereocenters. The van der Waals surface area contributed by atoms with Crippen LogP contribution in [0.15, 0.2) is 33.6 Å². The average Bonchev–Trinajstić information content (AvgIpc) is 2.85. The first-order chi connectivity index (χ1) is 11.6. The number of halogens is 1. The van der Waals surface area contributed by atoms with E-state index >= 15 is 0 Å². The second-order valence-electron chi connectivity index (χ2n) is 5.69. The Hall–Kier alpha value is -0.730. The number of morpholine rings is 1. The second kappa shape index (κ2) is 8.58. The van der Waals surface area contributed by atoms with Gasteiger partial charge in [-0.3, -0.25) is 14.6 Å². The molecule has 24 heavy (non-hydrogen) atoms. The van der Waals surface area contributed by atoms with Gasteiger partial charge in [0.2, 0.25) is 0 Å². The quantitative estimate of drug-likeness (QED) is 0.532. The molecule has 3 rings (SSSR count). The van der Waals surface area contributed by atoms with Gasteiger partial charge in [-0.2, -0.15) is 0 Å². The normalized spacial score (nSPS) is 21.0. The van der Waals surface area contributed by atoms with Crippen molar-refractivity contribution in [3.63, 3.8) is 0 Å². The molecule has 2 fully saturated rings. The summed E-state index contributed by atoms with van der Waals surface area (Å²) in [6.07, 6.45) is 2.84. The van der Waals surface area contributed by atoms with Crippen molar-refractivity contribution < 1.29 is 9.53 Å². The molecule has 0 bridgehead atoms. The standard InChI is InChI=1S/C17H19BrN2O2S2/c18-14-4-2-13(3-5-14)12-15-16(21)20(17(23)24-15)7-1-6-19-8-10-22-11-9-19/h2-5,12H,1,6-11H2. The molecule has 2 aliphatic heterocycles. The van der Waals surface area contributed by atoms with Crippen molar-refractivity contribution in [1.29, 1.82) is 0 Å². The van der Waals surface area contributed by atoms with Gasteiger partial charge in [0.05, 0.1) is 18.1 Å². The van der Waals surface area contributed by atoms with Crippen molar-refractivity contribution >= 4 is 56.2 Å². The number of carbonyl (C=O) groups is 1. The monoisotopic (exact) mass is 426 g/mol. The van der Waals surface area contributed by atoms with Crippen LogP contribution in [0.5, 0.6) is 0 Å². The van der Waals surface area contributed by atoms with E-state index in [2.05, 4.69) is 20.8 Å². The highest BCUT2D eigenvalue weighted by atomic mass is 79.9. The fraction of sp³-hybridized carbons (Fsp3) is 0.412. The molecule has 0 radical (unpaired) electrons. The van der Waals surface area contributed by atoms with Crippen molar-refractivity contribution in [2.24, 2.45) is 0 Å². The lowest BCUT2D eigenvalue weighted by atomic mass is 10.2. The molecule has 0 aromatic heterocycles. The van der Waals surface area contributed by atoms with Crippen LogP contribution in [0, 0.1) is 0 Å². The highest BCUT2D eigenvalue weighted by molar-refractivity contribution is 9.10. The first kappa shape index (κ1) is 18.1. The SMILES string of the molecule is O=C1C(=Cc2ccc(Br)cc2)SC(=S)N1CCCN1CCOCC1. The molecule has 7 heteroatoms. The topological polar surface area (TPSA) is 32.8 Å². The zero-order chi connectivity index (χ0) is 16.9. The van der Waals surface area contributed by atoms with Gasteiger partial charge in [0.25, 0.3) is 5.91 Å². The summed E-state index contributed by atoms with van der Waals surface area (Å²) >= 11 is 10.2. The lowest BCUT2D eigenvalue weighted by Crippen LogP contribution is -2.38. The van der Waals surface area contributed by atoms with E-state index in [4.69, 9.17) is 17.0 Å². The molecular formula is C17H19BrN2O2S2. The Morgan fingerprint density at radius 1 is 1.21 bits per heavy atom. The lowest BCUT2D eigenvalue weighted by molar-refractivity contribution is -0.122. The molecule has 1 aromatic carbocycles. The molecule has 128 valence electrons. The Kier molecular flexibility index (Phi) is 6.46. The van der Waals surface area contributed by atoms with E-state index in [1.807, 2.05) is 30.3 Å².